The number of hydrogen-bond acceptors (Lipinski definition) is 4. The minimum absolute atomic E-state index is 0.168. The Morgan fingerprint density at radius 3 is 2.71 bits per heavy atom. The fraction of sp³-hybridized carbons (Fsp3) is 0.458. The minimum Gasteiger partial charge on any atom is -0.368 e. The maximum atomic E-state index is 12.8. The van der Waals surface area contributed by atoms with Crippen LogP contribution in [-0.2, 0) is 27.7 Å². The summed E-state index contributed by atoms with van der Waals surface area (Å²) in [4.78, 5) is 16.9. The number of para-hydroxylation sites is 1. The number of rotatable bonds is 7. The van der Waals surface area contributed by atoms with Crippen molar-refractivity contribution in [3.8, 4) is 0 Å². The maximum absolute atomic E-state index is 12.8. The fourth-order valence-corrected chi connectivity index (χ4v) is 5.96. The number of benzene rings is 2. The van der Waals surface area contributed by atoms with E-state index in [4.69, 9.17) is 0 Å². The second-order valence-corrected chi connectivity index (χ2v) is 10.7. The first-order valence-corrected chi connectivity index (χ1v) is 12.7. The first kappa shape index (κ1) is 20.5. The van der Waals surface area contributed by atoms with Gasteiger partial charge in [0.2, 0.25) is 15.9 Å². The van der Waals surface area contributed by atoms with Crippen molar-refractivity contribution in [1.82, 2.24) is 4.72 Å². The summed E-state index contributed by atoms with van der Waals surface area (Å²) in [5.74, 6) is 0.353. The van der Waals surface area contributed by atoms with E-state index < -0.39 is 10.0 Å². The zero-order valence-corrected chi connectivity index (χ0v) is 18.7. The zero-order chi connectivity index (χ0) is 21.6. The SMILES string of the molecule is C[C@@H]1Cc2ccccc2N1CCCNS(=O)(=O)c1ccc2c(c1)CCN2C(=O)C1CC1. The van der Waals surface area contributed by atoms with Gasteiger partial charge < -0.3 is 9.80 Å². The molecule has 1 atom stereocenters. The van der Waals surface area contributed by atoms with E-state index >= 15 is 0 Å². The van der Waals surface area contributed by atoms with E-state index in [1.54, 1.807) is 18.2 Å². The van der Waals surface area contributed by atoms with Gasteiger partial charge in [-0.25, -0.2) is 13.1 Å². The zero-order valence-electron chi connectivity index (χ0n) is 17.9. The molecule has 2 aliphatic heterocycles. The molecule has 7 heteroatoms. The molecule has 6 nitrogen and oxygen atoms in total. The highest BCUT2D eigenvalue weighted by Crippen LogP contribution is 2.37. The van der Waals surface area contributed by atoms with Gasteiger partial charge in [-0.1, -0.05) is 18.2 Å². The molecule has 1 amide bonds. The van der Waals surface area contributed by atoms with Crippen molar-refractivity contribution in [3.63, 3.8) is 0 Å². The Morgan fingerprint density at radius 1 is 1.10 bits per heavy atom. The van der Waals surface area contributed by atoms with E-state index in [-0.39, 0.29) is 16.7 Å². The van der Waals surface area contributed by atoms with Gasteiger partial charge in [-0.05, 0) is 74.4 Å². The van der Waals surface area contributed by atoms with Crippen LogP contribution < -0.4 is 14.5 Å². The summed E-state index contributed by atoms with van der Waals surface area (Å²) in [6.45, 7) is 4.09. The van der Waals surface area contributed by atoms with Crippen LogP contribution in [0.25, 0.3) is 0 Å². The molecule has 2 aromatic rings. The van der Waals surface area contributed by atoms with Crippen LogP contribution in [0.2, 0.25) is 0 Å². The lowest BCUT2D eigenvalue weighted by Gasteiger charge is -2.25. The summed E-state index contributed by atoms with van der Waals surface area (Å²) in [7, 11) is -3.57. The number of sulfonamides is 1. The third-order valence-corrected chi connectivity index (χ3v) is 8.12. The smallest absolute Gasteiger partial charge is 0.240 e. The molecule has 5 rings (SSSR count). The van der Waals surface area contributed by atoms with Gasteiger partial charge in [-0.15, -0.1) is 0 Å². The number of fused-ring (bicyclic) bond motifs is 2. The number of nitrogens with zero attached hydrogens (tertiary/aromatic N) is 2. The monoisotopic (exact) mass is 439 g/mol. The standard InChI is InChI=1S/C24H29N3O3S/c1-17-15-19-5-2-3-6-22(19)26(17)13-4-12-25-31(29,30)21-9-10-23-20(16-21)11-14-27(23)24(28)18-7-8-18/h2-3,5-6,9-10,16-18,25H,4,7-8,11-15H2,1H3/t17-/m1/s1. The van der Waals surface area contributed by atoms with Gasteiger partial charge in [0.1, 0.15) is 0 Å². The Kier molecular flexibility index (Phi) is 5.26. The molecule has 0 radical (unpaired) electrons. The Balaban J connectivity index is 1.19. The summed E-state index contributed by atoms with van der Waals surface area (Å²) in [6, 6.07) is 14.0. The van der Waals surface area contributed by atoms with Crippen LogP contribution in [0, 0.1) is 5.92 Å². The molecule has 0 bridgehead atoms. The van der Waals surface area contributed by atoms with Crippen molar-refractivity contribution < 1.29 is 13.2 Å². The number of anilines is 2. The van der Waals surface area contributed by atoms with Gasteiger partial charge >= 0.3 is 0 Å². The van der Waals surface area contributed by atoms with Crippen LogP contribution in [0.4, 0.5) is 11.4 Å². The van der Waals surface area contributed by atoms with E-state index in [9.17, 15) is 13.2 Å². The molecule has 2 aromatic carbocycles. The molecule has 1 saturated carbocycles. The van der Waals surface area contributed by atoms with Crippen LogP contribution in [0.1, 0.15) is 37.3 Å². The Bertz CT molecular complexity index is 1110. The highest BCUT2D eigenvalue weighted by atomic mass is 32.2. The number of nitrogens with one attached hydrogen (secondary N) is 1. The first-order chi connectivity index (χ1) is 14.9. The highest BCUT2D eigenvalue weighted by molar-refractivity contribution is 7.89. The molecular formula is C24H29N3O3S. The van der Waals surface area contributed by atoms with Gasteiger partial charge in [0.25, 0.3) is 0 Å². The molecular weight excluding hydrogens is 410 g/mol. The fourth-order valence-electron chi connectivity index (χ4n) is 4.83. The molecule has 0 aromatic heterocycles. The van der Waals surface area contributed by atoms with Gasteiger partial charge in [0, 0.05) is 43.0 Å². The van der Waals surface area contributed by atoms with Crippen LogP contribution in [0.5, 0.6) is 0 Å². The molecule has 0 saturated heterocycles. The van der Waals surface area contributed by atoms with Crippen LogP contribution in [0.15, 0.2) is 47.4 Å². The van der Waals surface area contributed by atoms with Gasteiger partial charge in [-0.2, -0.15) is 0 Å². The second kappa shape index (κ2) is 7.95. The normalized spacial score (nSPS) is 20.1. The summed E-state index contributed by atoms with van der Waals surface area (Å²) in [5.41, 5.74) is 4.45. The third kappa shape index (κ3) is 3.96. The number of amides is 1. The van der Waals surface area contributed by atoms with Crippen molar-refractivity contribution in [2.45, 2.75) is 50.0 Å². The molecule has 31 heavy (non-hydrogen) atoms. The van der Waals surface area contributed by atoms with E-state index in [1.807, 2.05) is 4.90 Å². The van der Waals surface area contributed by atoms with Crippen molar-refractivity contribution in [1.29, 1.82) is 0 Å². The first-order valence-electron chi connectivity index (χ1n) is 11.2. The average molecular weight is 440 g/mol. The molecule has 3 aliphatic rings. The number of hydrogen-bond donors (Lipinski definition) is 1. The summed E-state index contributed by atoms with van der Waals surface area (Å²) in [6.07, 6.45) is 4.44. The Hall–Kier alpha value is -2.38. The largest absolute Gasteiger partial charge is 0.368 e. The lowest BCUT2D eigenvalue weighted by Crippen LogP contribution is -2.33. The summed E-state index contributed by atoms with van der Waals surface area (Å²) >= 11 is 0. The highest BCUT2D eigenvalue weighted by Gasteiger charge is 2.36. The molecule has 164 valence electrons. The van der Waals surface area contributed by atoms with Crippen molar-refractivity contribution in [2.24, 2.45) is 5.92 Å². The molecule has 1 aliphatic carbocycles. The predicted octanol–water partition coefficient (Wildman–Crippen LogP) is 3.11. The van der Waals surface area contributed by atoms with E-state index in [2.05, 4.69) is 40.8 Å². The number of carbonyl (C=O) groups excluding carboxylic acids is 1. The Morgan fingerprint density at radius 2 is 1.90 bits per heavy atom. The van der Waals surface area contributed by atoms with Crippen molar-refractivity contribution in [3.05, 3.63) is 53.6 Å². The van der Waals surface area contributed by atoms with Crippen molar-refractivity contribution in [2.75, 3.05) is 29.4 Å². The molecule has 0 spiro atoms. The predicted molar refractivity (Wildman–Crippen MR) is 122 cm³/mol. The molecule has 0 unspecified atom stereocenters. The number of carbonyl (C=O) groups is 1. The van der Waals surface area contributed by atoms with Crippen LogP contribution in [-0.4, -0.2) is 40.0 Å². The van der Waals surface area contributed by atoms with Crippen LogP contribution in [0.3, 0.4) is 0 Å². The second-order valence-electron chi connectivity index (χ2n) is 8.93. The van der Waals surface area contributed by atoms with Gasteiger partial charge in [0.05, 0.1) is 4.90 Å². The summed E-state index contributed by atoms with van der Waals surface area (Å²) in [5, 5.41) is 0. The third-order valence-electron chi connectivity index (χ3n) is 6.67. The van der Waals surface area contributed by atoms with Gasteiger partial charge in [-0.3, -0.25) is 4.79 Å². The minimum atomic E-state index is -3.57. The molecule has 1 fully saturated rings. The average Bonchev–Trinajstić information content (AvgIpc) is 3.44. The maximum Gasteiger partial charge on any atom is 0.240 e. The quantitative estimate of drug-likeness (QED) is 0.673. The van der Waals surface area contributed by atoms with Crippen LogP contribution >= 0.6 is 0 Å². The van der Waals surface area contributed by atoms with Crippen molar-refractivity contribution >= 4 is 27.3 Å². The van der Waals surface area contributed by atoms with E-state index in [1.165, 1.54) is 11.3 Å². The molecule has 1 N–H and O–H groups in total. The lowest BCUT2D eigenvalue weighted by molar-refractivity contribution is -0.119. The summed E-state index contributed by atoms with van der Waals surface area (Å²) < 4.78 is 28.4. The molecule has 2 heterocycles. The Labute approximate surface area is 184 Å². The lowest BCUT2D eigenvalue weighted by atomic mass is 10.1. The topological polar surface area (TPSA) is 69.7 Å². The van der Waals surface area contributed by atoms with E-state index in [0.29, 0.717) is 25.6 Å². The van der Waals surface area contributed by atoms with Gasteiger partial charge in [0.15, 0.2) is 0 Å². The van der Waals surface area contributed by atoms with E-state index in [0.717, 1.165) is 43.5 Å².